The van der Waals surface area contributed by atoms with Gasteiger partial charge in [0.1, 0.15) is 17.5 Å². The van der Waals surface area contributed by atoms with E-state index in [-0.39, 0.29) is 5.82 Å². The summed E-state index contributed by atoms with van der Waals surface area (Å²) in [5.41, 5.74) is 9.25. The average Bonchev–Trinajstić information content (AvgIpc) is 2.66. The van der Waals surface area contributed by atoms with Gasteiger partial charge in [-0.2, -0.15) is 5.26 Å². The van der Waals surface area contributed by atoms with Crippen LogP contribution in [0.3, 0.4) is 0 Å². The van der Waals surface area contributed by atoms with Gasteiger partial charge in [-0.3, -0.25) is 0 Å². The summed E-state index contributed by atoms with van der Waals surface area (Å²) in [4.78, 5) is 4.38. The highest BCUT2D eigenvalue weighted by Gasteiger charge is 2.15. The molecule has 0 aliphatic carbocycles. The molecular formula is C20H16ClN3O2. The molecule has 2 N–H and O–H groups in total. The zero-order valence-electron chi connectivity index (χ0n) is 14.3. The van der Waals surface area contributed by atoms with Crippen LogP contribution in [0, 0.1) is 11.3 Å². The van der Waals surface area contributed by atoms with E-state index in [0.717, 1.165) is 11.1 Å². The van der Waals surface area contributed by atoms with Gasteiger partial charge in [0.25, 0.3) is 0 Å². The van der Waals surface area contributed by atoms with Gasteiger partial charge in [0.15, 0.2) is 11.5 Å². The van der Waals surface area contributed by atoms with Crippen LogP contribution in [-0.4, -0.2) is 19.2 Å². The van der Waals surface area contributed by atoms with Crippen LogP contribution in [-0.2, 0) is 0 Å². The van der Waals surface area contributed by atoms with Crippen molar-refractivity contribution in [2.45, 2.75) is 0 Å². The molecule has 0 radical (unpaired) electrons. The number of anilines is 1. The van der Waals surface area contributed by atoms with E-state index < -0.39 is 0 Å². The van der Waals surface area contributed by atoms with Gasteiger partial charge in [0, 0.05) is 16.1 Å². The fourth-order valence-electron chi connectivity index (χ4n) is 2.71. The monoisotopic (exact) mass is 365 g/mol. The summed E-state index contributed by atoms with van der Waals surface area (Å²) >= 11 is 6.10. The van der Waals surface area contributed by atoms with Crippen molar-refractivity contribution in [3.05, 3.63) is 59.1 Å². The second-order valence-electron chi connectivity index (χ2n) is 5.51. The Bertz CT molecular complexity index is 1010. The summed E-state index contributed by atoms with van der Waals surface area (Å²) in [6.07, 6.45) is 0. The van der Waals surface area contributed by atoms with Crippen LogP contribution in [0.4, 0.5) is 5.82 Å². The van der Waals surface area contributed by atoms with Crippen molar-refractivity contribution in [3.63, 3.8) is 0 Å². The zero-order valence-corrected chi connectivity index (χ0v) is 15.0. The molecule has 0 atom stereocenters. The number of halogens is 1. The third-order valence-electron chi connectivity index (χ3n) is 3.97. The zero-order chi connectivity index (χ0) is 18.7. The van der Waals surface area contributed by atoms with E-state index in [1.807, 2.05) is 30.3 Å². The fourth-order valence-corrected chi connectivity index (χ4v) is 2.90. The molecule has 0 fully saturated rings. The van der Waals surface area contributed by atoms with E-state index in [4.69, 9.17) is 26.8 Å². The molecular weight excluding hydrogens is 350 g/mol. The van der Waals surface area contributed by atoms with Gasteiger partial charge in [-0.05, 0) is 42.0 Å². The van der Waals surface area contributed by atoms with Crippen LogP contribution in [0.15, 0.2) is 48.5 Å². The van der Waals surface area contributed by atoms with Crippen molar-refractivity contribution in [2.24, 2.45) is 0 Å². The highest BCUT2D eigenvalue weighted by molar-refractivity contribution is 6.30. The highest BCUT2D eigenvalue weighted by Crippen LogP contribution is 2.35. The molecule has 6 heteroatoms. The standard InChI is InChI=1S/C20H16ClN3O2/c1-25-18-7-6-13(9-19(18)26-2)17-10-15(16(11-22)20(23)24-17)12-4-3-5-14(21)8-12/h3-10H,1-2H3,(H2,23,24). The number of methoxy groups -OCH3 is 2. The van der Waals surface area contributed by atoms with E-state index >= 15 is 0 Å². The van der Waals surface area contributed by atoms with Crippen LogP contribution < -0.4 is 15.2 Å². The van der Waals surface area contributed by atoms with E-state index in [9.17, 15) is 5.26 Å². The van der Waals surface area contributed by atoms with E-state index in [2.05, 4.69) is 11.1 Å². The molecule has 0 saturated carbocycles. The number of nitriles is 1. The lowest BCUT2D eigenvalue weighted by Crippen LogP contribution is -2.00. The number of hydrogen-bond acceptors (Lipinski definition) is 5. The summed E-state index contributed by atoms with van der Waals surface area (Å²) < 4.78 is 10.6. The Morgan fingerprint density at radius 1 is 1.00 bits per heavy atom. The Morgan fingerprint density at radius 2 is 1.77 bits per heavy atom. The topological polar surface area (TPSA) is 81.2 Å². The first kappa shape index (κ1) is 17.6. The van der Waals surface area contributed by atoms with Gasteiger partial charge in [0.2, 0.25) is 0 Å². The normalized spacial score (nSPS) is 10.2. The number of nitrogens with zero attached hydrogens (tertiary/aromatic N) is 2. The van der Waals surface area contributed by atoms with Crippen molar-refractivity contribution in [3.8, 4) is 40.0 Å². The molecule has 2 aromatic carbocycles. The van der Waals surface area contributed by atoms with Crippen LogP contribution in [0.5, 0.6) is 11.5 Å². The van der Waals surface area contributed by atoms with Gasteiger partial charge in [0.05, 0.1) is 19.9 Å². The van der Waals surface area contributed by atoms with E-state index in [1.165, 1.54) is 0 Å². The lowest BCUT2D eigenvalue weighted by atomic mass is 9.98. The maximum Gasteiger partial charge on any atom is 0.161 e. The van der Waals surface area contributed by atoms with Crippen molar-refractivity contribution in [1.29, 1.82) is 5.26 Å². The van der Waals surface area contributed by atoms with Gasteiger partial charge in [-0.15, -0.1) is 0 Å². The fraction of sp³-hybridized carbons (Fsp3) is 0.100. The first-order valence-corrected chi connectivity index (χ1v) is 8.14. The number of nitrogen functional groups attached to an aromatic ring is 1. The average molecular weight is 366 g/mol. The Balaban J connectivity index is 2.20. The van der Waals surface area contributed by atoms with Crippen molar-refractivity contribution < 1.29 is 9.47 Å². The summed E-state index contributed by atoms with van der Waals surface area (Å²) in [6.45, 7) is 0. The summed E-state index contributed by atoms with van der Waals surface area (Å²) in [5, 5.41) is 10.1. The number of rotatable bonds is 4. The minimum Gasteiger partial charge on any atom is -0.493 e. The van der Waals surface area contributed by atoms with Gasteiger partial charge in [-0.25, -0.2) is 4.98 Å². The molecule has 0 aliphatic rings. The molecule has 0 bridgehead atoms. The Hall–Kier alpha value is -3.23. The lowest BCUT2D eigenvalue weighted by Gasteiger charge is -2.12. The van der Waals surface area contributed by atoms with Crippen LogP contribution in [0.1, 0.15) is 5.56 Å². The molecule has 3 rings (SSSR count). The van der Waals surface area contributed by atoms with Crippen molar-refractivity contribution >= 4 is 17.4 Å². The molecule has 0 spiro atoms. The van der Waals surface area contributed by atoms with Crippen molar-refractivity contribution in [1.82, 2.24) is 4.98 Å². The molecule has 130 valence electrons. The van der Waals surface area contributed by atoms with Crippen molar-refractivity contribution in [2.75, 3.05) is 20.0 Å². The third-order valence-corrected chi connectivity index (χ3v) is 4.21. The maximum atomic E-state index is 9.50. The Kier molecular flexibility index (Phi) is 4.97. The minimum absolute atomic E-state index is 0.162. The third kappa shape index (κ3) is 3.28. The smallest absolute Gasteiger partial charge is 0.161 e. The largest absolute Gasteiger partial charge is 0.493 e. The SMILES string of the molecule is COc1ccc(-c2cc(-c3cccc(Cl)c3)c(C#N)c(N)n2)cc1OC. The van der Waals surface area contributed by atoms with E-state index in [1.54, 1.807) is 32.4 Å². The second-order valence-corrected chi connectivity index (χ2v) is 5.94. The van der Waals surface area contributed by atoms with Crippen LogP contribution in [0.2, 0.25) is 5.02 Å². The lowest BCUT2D eigenvalue weighted by molar-refractivity contribution is 0.355. The molecule has 1 aromatic heterocycles. The van der Waals surface area contributed by atoms with Gasteiger partial charge >= 0.3 is 0 Å². The molecule has 3 aromatic rings. The van der Waals surface area contributed by atoms with Gasteiger partial charge < -0.3 is 15.2 Å². The maximum absolute atomic E-state index is 9.50. The number of ether oxygens (including phenoxy) is 2. The molecule has 0 saturated heterocycles. The Morgan fingerprint density at radius 3 is 2.42 bits per heavy atom. The predicted molar refractivity (Wildman–Crippen MR) is 102 cm³/mol. The Labute approximate surface area is 156 Å². The molecule has 1 heterocycles. The first-order chi connectivity index (χ1) is 12.6. The minimum atomic E-state index is 0.162. The number of nitrogens with two attached hydrogens (primary N) is 1. The highest BCUT2D eigenvalue weighted by atomic mass is 35.5. The predicted octanol–water partition coefficient (Wildman–Crippen LogP) is 4.54. The molecule has 0 unspecified atom stereocenters. The number of hydrogen-bond donors (Lipinski definition) is 1. The molecule has 5 nitrogen and oxygen atoms in total. The quantitative estimate of drug-likeness (QED) is 0.734. The summed E-state index contributed by atoms with van der Waals surface area (Å²) in [7, 11) is 3.15. The van der Waals surface area contributed by atoms with Crippen LogP contribution >= 0.6 is 11.6 Å². The second kappa shape index (κ2) is 7.34. The molecule has 0 aliphatic heterocycles. The number of pyridine rings is 1. The number of aromatic nitrogens is 1. The van der Waals surface area contributed by atoms with Crippen LogP contribution in [0.25, 0.3) is 22.4 Å². The molecule has 0 amide bonds. The number of benzene rings is 2. The first-order valence-electron chi connectivity index (χ1n) is 7.76. The van der Waals surface area contributed by atoms with Gasteiger partial charge in [-0.1, -0.05) is 23.7 Å². The summed E-state index contributed by atoms with van der Waals surface area (Å²) in [5.74, 6) is 1.36. The summed E-state index contributed by atoms with van der Waals surface area (Å²) in [6, 6.07) is 16.7. The molecule has 26 heavy (non-hydrogen) atoms. The van der Waals surface area contributed by atoms with E-state index in [0.29, 0.717) is 33.3 Å².